The summed E-state index contributed by atoms with van der Waals surface area (Å²) in [6.45, 7) is 12.2. The molecule has 3 saturated carbocycles. The van der Waals surface area contributed by atoms with Gasteiger partial charge in [0.05, 0.1) is 43.7 Å². The summed E-state index contributed by atoms with van der Waals surface area (Å²) in [5.41, 5.74) is -0.588. The van der Waals surface area contributed by atoms with Crippen LogP contribution in [0.1, 0.15) is 87.0 Å². The summed E-state index contributed by atoms with van der Waals surface area (Å²) in [5.74, 6) is -2.46. The summed E-state index contributed by atoms with van der Waals surface area (Å²) in [4.78, 5) is 28.4. The van der Waals surface area contributed by atoms with E-state index in [4.69, 9.17) is 47.4 Å². The number of aliphatic hydroxyl groups excluding tert-OH is 11. The number of carbonyl (C=O) groups is 2. The molecule has 9 fully saturated rings. The quantitative estimate of drug-likeness (QED) is 0.100. The van der Waals surface area contributed by atoms with Crippen molar-refractivity contribution in [1.82, 2.24) is 0 Å². The molecule has 0 aromatic rings. The van der Waals surface area contributed by atoms with Crippen LogP contribution in [-0.4, -0.2) is 228 Å². The van der Waals surface area contributed by atoms with Crippen LogP contribution in [0.3, 0.4) is 0 Å². The minimum absolute atomic E-state index is 0.135. The predicted octanol–water partition coefficient (Wildman–Crippen LogP) is -2.58. The van der Waals surface area contributed by atoms with E-state index in [0.29, 0.717) is 43.8 Å². The van der Waals surface area contributed by atoms with Gasteiger partial charge < -0.3 is 104 Å². The highest BCUT2D eigenvalue weighted by molar-refractivity contribution is 5.93. The van der Waals surface area contributed by atoms with E-state index < -0.39 is 170 Å². The lowest BCUT2D eigenvalue weighted by atomic mass is 9.51. The van der Waals surface area contributed by atoms with E-state index in [9.17, 15) is 65.8 Å². The number of ketones is 1. The molecule has 6 saturated heterocycles. The molecule has 0 aromatic heterocycles. The van der Waals surface area contributed by atoms with E-state index in [2.05, 4.69) is 13.8 Å². The van der Waals surface area contributed by atoms with E-state index in [1.54, 1.807) is 0 Å². The van der Waals surface area contributed by atoms with Crippen LogP contribution in [0.15, 0.2) is 11.1 Å². The van der Waals surface area contributed by atoms with Gasteiger partial charge in [0, 0.05) is 29.6 Å². The Hall–Kier alpha value is -1.76. The highest BCUT2D eigenvalue weighted by Crippen LogP contribution is 2.72. The highest BCUT2D eigenvalue weighted by Gasteiger charge is 2.75. The van der Waals surface area contributed by atoms with Gasteiger partial charge >= 0.3 is 0 Å². The summed E-state index contributed by atoms with van der Waals surface area (Å²) in [6.07, 6.45) is -30.1. The lowest BCUT2D eigenvalue weighted by Crippen LogP contribution is -2.67. The molecule has 10 rings (SSSR count). The van der Waals surface area contributed by atoms with Crippen LogP contribution in [0.5, 0.6) is 0 Å². The summed E-state index contributed by atoms with van der Waals surface area (Å²) in [6, 6.07) is 0. The first-order chi connectivity index (χ1) is 34.9. The van der Waals surface area contributed by atoms with Crippen molar-refractivity contribution in [3.63, 3.8) is 0 Å². The third-order valence-electron chi connectivity index (χ3n) is 19.6. The maximum Gasteiger partial charge on any atom is 0.187 e. The average molecular weight is 1060 g/mol. The molecule has 4 aliphatic carbocycles. The van der Waals surface area contributed by atoms with E-state index in [0.717, 1.165) is 18.3 Å². The average Bonchev–Trinajstić information content (AvgIpc) is 3.93. The van der Waals surface area contributed by atoms with Crippen LogP contribution < -0.4 is 0 Å². The van der Waals surface area contributed by atoms with E-state index in [1.165, 1.54) is 20.8 Å². The molecule has 32 unspecified atom stereocenters. The fraction of sp³-hybridized carbons (Fsp3) is 0.922. The summed E-state index contributed by atoms with van der Waals surface area (Å²) < 4.78 is 61.6. The minimum atomic E-state index is -1.92. The second kappa shape index (κ2) is 20.4. The molecule has 6 heterocycles. The van der Waals surface area contributed by atoms with Crippen LogP contribution in [0.25, 0.3) is 0 Å². The largest absolute Gasteiger partial charge is 0.394 e. The van der Waals surface area contributed by atoms with E-state index >= 15 is 0 Å². The van der Waals surface area contributed by atoms with Gasteiger partial charge in [-0.1, -0.05) is 33.3 Å². The number of ether oxygens (including phenoxy) is 10. The highest BCUT2D eigenvalue weighted by atomic mass is 16.8. The molecule has 0 radical (unpaired) electrons. The van der Waals surface area contributed by atoms with Gasteiger partial charge in [0.1, 0.15) is 91.7 Å². The molecular weight excluding hydrogens is 981 g/mol. The lowest BCUT2D eigenvalue weighted by molar-refractivity contribution is -0.394. The fourth-order valence-corrected chi connectivity index (χ4v) is 15.3. The zero-order valence-corrected chi connectivity index (χ0v) is 42.8. The predicted molar refractivity (Wildman–Crippen MR) is 246 cm³/mol. The molecule has 1 spiro atoms. The number of carbonyl (C=O) groups excluding carboxylic acids is 2. The van der Waals surface area contributed by atoms with E-state index in [-0.39, 0.29) is 36.1 Å². The van der Waals surface area contributed by atoms with Crippen LogP contribution in [0.2, 0.25) is 0 Å². The number of Topliss-reactive ketones (excluding diaryl/α,β-unsaturated/α-hetero) is 1. The zero-order valence-electron chi connectivity index (χ0n) is 42.8. The second-order valence-corrected chi connectivity index (χ2v) is 23.8. The number of fused-ring (bicyclic) bond motifs is 7. The maximum atomic E-state index is 14.8. The monoisotopic (exact) mass is 1060 g/mol. The molecule has 23 nitrogen and oxygen atoms in total. The first-order valence-corrected chi connectivity index (χ1v) is 26.6. The van der Waals surface area contributed by atoms with Gasteiger partial charge in [-0.25, -0.2) is 0 Å². The first-order valence-electron chi connectivity index (χ1n) is 26.6. The molecule has 11 N–H and O–H groups in total. The maximum absolute atomic E-state index is 14.8. The van der Waals surface area contributed by atoms with Gasteiger partial charge in [0.2, 0.25) is 0 Å². The fourth-order valence-electron chi connectivity index (χ4n) is 15.3. The Bertz CT molecular complexity index is 2090. The van der Waals surface area contributed by atoms with Crippen molar-refractivity contribution in [2.24, 2.45) is 46.3 Å². The van der Waals surface area contributed by atoms with Crippen molar-refractivity contribution < 1.29 is 113 Å². The summed E-state index contributed by atoms with van der Waals surface area (Å²) in [5, 5.41) is 121. The Morgan fingerprint density at radius 1 is 0.635 bits per heavy atom. The number of aliphatic hydroxyl groups is 11. The van der Waals surface area contributed by atoms with Gasteiger partial charge in [0.25, 0.3) is 0 Å². The molecule has 32 atom stereocenters. The van der Waals surface area contributed by atoms with Crippen molar-refractivity contribution in [2.45, 2.75) is 234 Å². The molecule has 6 aliphatic heterocycles. The van der Waals surface area contributed by atoms with Gasteiger partial charge in [-0.2, -0.15) is 0 Å². The molecule has 0 aromatic carbocycles. The molecule has 0 bridgehead atoms. The Labute approximate surface area is 428 Å². The van der Waals surface area contributed by atoms with Crippen LogP contribution in [0.4, 0.5) is 0 Å². The molecule has 420 valence electrons. The molecule has 0 amide bonds. The Morgan fingerprint density at radius 2 is 1.22 bits per heavy atom. The van der Waals surface area contributed by atoms with Crippen molar-refractivity contribution in [1.29, 1.82) is 0 Å². The topological polar surface area (TPSA) is 349 Å². The van der Waals surface area contributed by atoms with Gasteiger partial charge in [-0.15, -0.1) is 0 Å². The van der Waals surface area contributed by atoms with Gasteiger partial charge in [-0.3, -0.25) is 9.59 Å². The second-order valence-electron chi connectivity index (χ2n) is 23.8. The lowest BCUT2D eigenvalue weighted by Gasteiger charge is -2.53. The SMILES string of the molecule is CC1CCC2(OC1)OC1CC3C4C(C=O)=C5CC(OC6OC(CO)C(OC7OC(C)C(OC8OC(C)C(O)C(O)C8O)C(O)C7O)C(O)C6OC6OC(C)C(O)C(O)C6O)CCC5(C)C4C(O)C(=O)C3(C)C1C2C. The van der Waals surface area contributed by atoms with Gasteiger partial charge in [0.15, 0.2) is 36.7 Å². The van der Waals surface area contributed by atoms with Crippen LogP contribution >= 0.6 is 0 Å². The first kappa shape index (κ1) is 55.6. The Morgan fingerprint density at radius 3 is 1.80 bits per heavy atom. The molecule has 23 heteroatoms. The van der Waals surface area contributed by atoms with Crippen LogP contribution in [0, 0.1) is 46.3 Å². The third-order valence-corrected chi connectivity index (χ3v) is 19.6. The summed E-state index contributed by atoms with van der Waals surface area (Å²) >= 11 is 0. The summed E-state index contributed by atoms with van der Waals surface area (Å²) in [7, 11) is 0. The van der Waals surface area contributed by atoms with Crippen molar-refractivity contribution in [2.75, 3.05) is 13.2 Å². The van der Waals surface area contributed by atoms with Crippen LogP contribution in [-0.2, 0) is 57.0 Å². The smallest absolute Gasteiger partial charge is 0.187 e. The van der Waals surface area contributed by atoms with E-state index in [1.807, 2.05) is 13.8 Å². The van der Waals surface area contributed by atoms with Crippen molar-refractivity contribution in [3.05, 3.63) is 11.1 Å². The Balaban J connectivity index is 0.891. The molecule has 10 aliphatic rings. The minimum Gasteiger partial charge on any atom is -0.394 e. The number of rotatable bonds is 10. The zero-order chi connectivity index (χ0) is 53.4. The van der Waals surface area contributed by atoms with Crippen molar-refractivity contribution in [3.8, 4) is 0 Å². The number of allylic oxidation sites excluding steroid dienone is 1. The number of hydrogen-bond donors (Lipinski definition) is 11. The third kappa shape index (κ3) is 8.66. The molecule has 74 heavy (non-hydrogen) atoms. The number of hydrogen-bond acceptors (Lipinski definition) is 23. The Kier molecular flexibility index (Phi) is 15.3. The normalized spacial score (nSPS) is 57.5. The molecular formula is C51H78O23. The van der Waals surface area contributed by atoms with Crippen molar-refractivity contribution >= 4 is 12.1 Å². The standard InChI is InChI=1S/C51H78O23/c1-17-8-11-51(65-16-17)18(2)29-26(74-51)13-25-28-23(14-52)24-12-22(9-10-49(24,6)30(28)33(56)44(64)50(25,29)7)69-48-43(73-46-38(61)35(58)32(55)20(4)67-46)40(63)42(27(15-53)70-48)72-47-39(62)36(59)41(21(5)68-47)71-45-37(60)34(57)31(54)19(3)66-45/h14,17-22,25-43,45-48,53-63H,8-13,15-16H2,1-7H3. The number of aldehydes is 1. The van der Waals surface area contributed by atoms with Gasteiger partial charge in [-0.05, 0) is 81.6 Å².